The van der Waals surface area contributed by atoms with Crippen molar-refractivity contribution < 1.29 is 24.1 Å². The maximum atomic E-state index is 12.8. The third-order valence-corrected chi connectivity index (χ3v) is 8.68. The largest absolute Gasteiger partial charge is 0.491 e. The van der Waals surface area contributed by atoms with Gasteiger partial charge in [-0.25, -0.2) is 4.98 Å². The summed E-state index contributed by atoms with van der Waals surface area (Å²) < 4.78 is 19.1. The van der Waals surface area contributed by atoms with E-state index in [0.29, 0.717) is 31.1 Å². The van der Waals surface area contributed by atoms with Gasteiger partial charge in [-0.05, 0) is 89.1 Å². The lowest BCUT2D eigenvalue weighted by Crippen LogP contribution is -2.38. The maximum absolute atomic E-state index is 12.8. The Labute approximate surface area is 248 Å². The number of nitrogens with one attached hydrogen (secondary N) is 1. The van der Waals surface area contributed by atoms with E-state index >= 15 is 0 Å². The van der Waals surface area contributed by atoms with Crippen LogP contribution in [0.2, 0.25) is 0 Å². The molecule has 0 unspecified atom stereocenters. The SMILES string of the molecule is COCCOc1cc([C@H](C(=O)O)N(C)[C@H]2CC[C@H](OCCCCc3ccc4c(n3)NCCC4)C2)c2c(c1)c(C)nn2C. The molecule has 5 rings (SSSR count). The van der Waals surface area contributed by atoms with Gasteiger partial charge < -0.3 is 24.6 Å². The molecule has 1 fully saturated rings. The molecule has 0 spiro atoms. The second-order valence-electron chi connectivity index (χ2n) is 11.6. The fourth-order valence-corrected chi connectivity index (χ4v) is 6.47. The topological polar surface area (TPSA) is 111 Å². The predicted molar refractivity (Wildman–Crippen MR) is 162 cm³/mol. The number of carboxylic acid groups (broad SMARTS) is 1. The van der Waals surface area contributed by atoms with Gasteiger partial charge in [-0.1, -0.05) is 6.07 Å². The molecule has 1 saturated carbocycles. The summed E-state index contributed by atoms with van der Waals surface area (Å²) in [6, 6.07) is 7.43. The molecule has 1 aliphatic carbocycles. The van der Waals surface area contributed by atoms with Gasteiger partial charge in [-0.15, -0.1) is 0 Å². The van der Waals surface area contributed by atoms with Crippen molar-refractivity contribution in [2.75, 3.05) is 45.8 Å². The Balaban J connectivity index is 1.18. The predicted octanol–water partition coefficient (Wildman–Crippen LogP) is 4.68. The van der Waals surface area contributed by atoms with Crippen molar-refractivity contribution in [1.82, 2.24) is 19.7 Å². The van der Waals surface area contributed by atoms with Crippen LogP contribution in [0.4, 0.5) is 5.82 Å². The number of pyridine rings is 1. The maximum Gasteiger partial charge on any atom is 0.325 e. The minimum absolute atomic E-state index is 0.103. The van der Waals surface area contributed by atoms with E-state index in [4.69, 9.17) is 19.2 Å². The standard InChI is InChI=1S/C32H45N5O5/c1-21-27-19-26(42-17-16-40-4)20-28(29(27)37(3)35-21)30(32(38)39)36(2)24-12-13-25(18-24)41-15-6-5-9-23-11-10-22-8-7-14-33-31(22)34-23/h10-11,19-20,24-25,30H,5-9,12-18H2,1-4H3,(H,33,34)(H,38,39)/t24-,25-,30+/m0/s1. The molecule has 0 radical (unpaired) electrons. The molecule has 42 heavy (non-hydrogen) atoms. The Morgan fingerprint density at radius 3 is 2.88 bits per heavy atom. The summed E-state index contributed by atoms with van der Waals surface area (Å²) in [5.41, 5.74) is 4.80. The van der Waals surface area contributed by atoms with E-state index in [-0.39, 0.29) is 12.1 Å². The second kappa shape index (κ2) is 13.8. The number of benzene rings is 1. The van der Waals surface area contributed by atoms with E-state index in [0.717, 1.165) is 79.6 Å². The van der Waals surface area contributed by atoms with Crippen molar-refractivity contribution in [3.05, 3.63) is 46.8 Å². The smallest absolute Gasteiger partial charge is 0.325 e. The molecule has 0 bridgehead atoms. The molecule has 3 atom stereocenters. The molecule has 0 amide bonds. The minimum Gasteiger partial charge on any atom is -0.491 e. The first-order valence-electron chi connectivity index (χ1n) is 15.2. The highest BCUT2D eigenvalue weighted by Gasteiger charge is 2.37. The summed E-state index contributed by atoms with van der Waals surface area (Å²) in [5.74, 6) is 0.794. The number of unbranched alkanes of at least 4 members (excludes halogenated alkanes) is 1. The highest BCUT2D eigenvalue weighted by atomic mass is 16.5. The van der Waals surface area contributed by atoms with Gasteiger partial charge in [0.2, 0.25) is 0 Å². The summed E-state index contributed by atoms with van der Waals surface area (Å²) in [7, 11) is 5.41. The number of carboxylic acids is 1. The van der Waals surface area contributed by atoms with Gasteiger partial charge in [-0.3, -0.25) is 14.4 Å². The van der Waals surface area contributed by atoms with Crippen LogP contribution >= 0.6 is 0 Å². The minimum atomic E-state index is -0.887. The van der Waals surface area contributed by atoms with Crippen LogP contribution in [0.25, 0.3) is 10.9 Å². The van der Waals surface area contributed by atoms with Crippen LogP contribution in [0.5, 0.6) is 5.75 Å². The number of ether oxygens (including phenoxy) is 3. The zero-order valence-corrected chi connectivity index (χ0v) is 25.4. The van der Waals surface area contributed by atoms with E-state index in [1.807, 2.05) is 38.1 Å². The molecule has 2 N–H and O–H groups in total. The molecular formula is C32H45N5O5. The number of carbonyl (C=O) groups is 1. The van der Waals surface area contributed by atoms with Crippen LogP contribution in [0.1, 0.15) is 67.1 Å². The van der Waals surface area contributed by atoms with Crippen LogP contribution < -0.4 is 10.1 Å². The van der Waals surface area contributed by atoms with Crippen LogP contribution in [-0.2, 0) is 34.2 Å². The van der Waals surface area contributed by atoms with Gasteiger partial charge in [0, 0.05) is 50.0 Å². The quantitative estimate of drug-likeness (QED) is 0.263. The highest BCUT2D eigenvalue weighted by Crippen LogP contribution is 2.37. The summed E-state index contributed by atoms with van der Waals surface area (Å²) in [5, 5.41) is 19.4. The monoisotopic (exact) mass is 579 g/mol. The van der Waals surface area contributed by atoms with E-state index in [1.54, 1.807) is 11.8 Å². The molecule has 3 heterocycles. The van der Waals surface area contributed by atoms with E-state index in [1.165, 1.54) is 12.0 Å². The molecule has 2 aromatic heterocycles. The summed E-state index contributed by atoms with van der Waals surface area (Å²) in [4.78, 5) is 19.6. The molecular weight excluding hydrogens is 534 g/mol. The summed E-state index contributed by atoms with van der Waals surface area (Å²) in [6.45, 7) is 4.49. The Hall–Kier alpha value is -3.21. The fourth-order valence-electron chi connectivity index (χ4n) is 6.47. The van der Waals surface area contributed by atoms with Crippen molar-refractivity contribution in [3.8, 4) is 5.75 Å². The van der Waals surface area contributed by atoms with Gasteiger partial charge in [-0.2, -0.15) is 5.10 Å². The summed E-state index contributed by atoms with van der Waals surface area (Å²) in [6.07, 6.45) is 8.03. The number of aromatic nitrogens is 3. The first kappa shape index (κ1) is 30.3. The Bertz CT molecular complexity index is 1380. The molecule has 228 valence electrons. The fraction of sp³-hybridized carbons (Fsp3) is 0.594. The van der Waals surface area contributed by atoms with E-state index in [9.17, 15) is 9.90 Å². The normalized spacial score (nSPS) is 19.2. The first-order chi connectivity index (χ1) is 20.4. The molecule has 2 aliphatic rings. The molecule has 1 aromatic carbocycles. The first-order valence-corrected chi connectivity index (χ1v) is 15.2. The zero-order valence-electron chi connectivity index (χ0n) is 25.4. The van der Waals surface area contributed by atoms with Crippen LogP contribution in [0, 0.1) is 6.92 Å². The Morgan fingerprint density at radius 1 is 1.21 bits per heavy atom. The third kappa shape index (κ3) is 6.88. The molecule has 10 nitrogen and oxygen atoms in total. The highest BCUT2D eigenvalue weighted by molar-refractivity contribution is 5.91. The molecule has 10 heteroatoms. The third-order valence-electron chi connectivity index (χ3n) is 8.68. The molecule has 3 aromatic rings. The van der Waals surface area contributed by atoms with Crippen molar-refractivity contribution in [3.63, 3.8) is 0 Å². The number of anilines is 1. The van der Waals surface area contributed by atoms with Crippen molar-refractivity contribution in [2.45, 2.75) is 76.5 Å². The van der Waals surface area contributed by atoms with Crippen LogP contribution in [0.15, 0.2) is 24.3 Å². The zero-order chi connectivity index (χ0) is 29.6. The number of likely N-dealkylation sites (N-methyl/N-ethyl adjacent to an activating group) is 1. The number of fused-ring (bicyclic) bond motifs is 2. The Kier molecular flexibility index (Phi) is 9.97. The number of hydrogen-bond donors (Lipinski definition) is 2. The lowest BCUT2D eigenvalue weighted by atomic mass is 9.99. The molecule has 1 aliphatic heterocycles. The van der Waals surface area contributed by atoms with Crippen molar-refractivity contribution in [1.29, 1.82) is 0 Å². The van der Waals surface area contributed by atoms with Crippen molar-refractivity contribution >= 4 is 22.7 Å². The number of hydrogen-bond acceptors (Lipinski definition) is 8. The average Bonchev–Trinajstić information content (AvgIpc) is 3.56. The van der Waals surface area contributed by atoms with Crippen LogP contribution in [0.3, 0.4) is 0 Å². The van der Waals surface area contributed by atoms with Gasteiger partial charge in [0.25, 0.3) is 0 Å². The number of methoxy groups -OCH3 is 1. The molecule has 0 saturated heterocycles. The van der Waals surface area contributed by atoms with Gasteiger partial charge in [0.1, 0.15) is 24.2 Å². The lowest BCUT2D eigenvalue weighted by molar-refractivity contribution is -0.144. The number of aliphatic carboxylic acids is 1. The van der Waals surface area contributed by atoms with Gasteiger partial charge >= 0.3 is 5.97 Å². The lowest BCUT2D eigenvalue weighted by Gasteiger charge is -2.31. The van der Waals surface area contributed by atoms with Gasteiger partial charge in [0.15, 0.2) is 0 Å². The van der Waals surface area contributed by atoms with Crippen molar-refractivity contribution in [2.24, 2.45) is 7.05 Å². The second-order valence-corrected chi connectivity index (χ2v) is 11.6. The number of aryl methyl sites for hydroxylation is 4. The Morgan fingerprint density at radius 2 is 2.07 bits per heavy atom. The number of rotatable bonds is 14. The van der Waals surface area contributed by atoms with E-state index in [2.05, 4.69) is 22.5 Å². The number of nitrogens with zero attached hydrogens (tertiary/aromatic N) is 4. The van der Waals surface area contributed by atoms with Gasteiger partial charge in [0.05, 0.1) is 23.9 Å². The van der Waals surface area contributed by atoms with Crippen LogP contribution in [-0.4, -0.2) is 83.4 Å². The average molecular weight is 580 g/mol. The summed E-state index contributed by atoms with van der Waals surface area (Å²) >= 11 is 0. The van der Waals surface area contributed by atoms with E-state index < -0.39 is 12.0 Å².